The van der Waals surface area contributed by atoms with Crippen molar-refractivity contribution in [1.29, 1.82) is 0 Å². The fourth-order valence-corrected chi connectivity index (χ4v) is 1.96. The van der Waals surface area contributed by atoms with Crippen LogP contribution in [0.15, 0.2) is 24.5 Å². The van der Waals surface area contributed by atoms with Crippen molar-refractivity contribution in [3.05, 3.63) is 57.2 Å². The van der Waals surface area contributed by atoms with Crippen LogP contribution in [0.4, 0.5) is 11.4 Å². The zero-order chi connectivity index (χ0) is 18.4. The molecule has 1 N–H and O–H groups in total. The van der Waals surface area contributed by atoms with Gasteiger partial charge in [0, 0.05) is 23.9 Å². The molecule has 0 aromatic carbocycles. The molecule has 1 amide bonds. The molecule has 8 heteroatoms. The highest BCUT2D eigenvalue weighted by Gasteiger charge is 2.11. The zero-order valence-corrected chi connectivity index (χ0v) is 14.3. The summed E-state index contributed by atoms with van der Waals surface area (Å²) in [5.41, 5.74) is 3.65. The van der Waals surface area contributed by atoms with Crippen LogP contribution in [-0.2, 0) is 4.79 Å². The highest BCUT2D eigenvalue weighted by Crippen LogP contribution is 2.17. The number of rotatable bonds is 2. The van der Waals surface area contributed by atoms with Crippen LogP contribution in [0.1, 0.15) is 29.4 Å². The van der Waals surface area contributed by atoms with Crippen molar-refractivity contribution < 1.29 is 14.9 Å². The van der Waals surface area contributed by atoms with Crippen molar-refractivity contribution in [2.75, 3.05) is 5.06 Å². The number of aromatic nitrogens is 2. The van der Waals surface area contributed by atoms with Gasteiger partial charge in [-0.15, -0.1) is 0 Å². The van der Waals surface area contributed by atoms with Gasteiger partial charge in [0.1, 0.15) is 6.20 Å². The van der Waals surface area contributed by atoms with E-state index in [2.05, 4.69) is 9.97 Å². The normalized spacial score (nSPS) is 9.75. The third-order valence-electron chi connectivity index (χ3n) is 3.16. The van der Waals surface area contributed by atoms with E-state index >= 15 is 0 Å². The predicted octanol–water partition coefficient (Wildman–Crippen LogP) is 3.05. The van der Waals surface area contributed by atoms with Gasteiger partial charge in [0.25, 0.3) is 5.69 Å². The lowest BCUT2D eigenvalue weighted by atomic mass is 10.2. The molecular weight excluding hydrogens is 312 g/mol. The highest BCUT2D eigenvalue weighted by atomic mass is 16.6. The molecular formula is C16H20N4O4. The predicted molar refractivity (Wildman–Crippen MR) is 89.0 cm³/mol. The molecule has 0 saturated carbocycles. The molecule has 0 radical (unpaired) electrons. The zero-order valence-electron chi connectivity index (χ0n) is 14.3. The Bertz CT molecular complexity index is 762. The van der Waals surface area contributed by atoms with E-state index in [4.69, 9.17) is 0 Å². The molecule has 0 unspecified atom stereocenters. The van der Waals surface area contributed by atoms with E-state index in [9.17, 15) is 20.1 Å². The van der Waals surface area contributed by atoms with Gasteiger partial charge in [-0.3, -0.25) is 30.1 Å². The van der Waals surface area contributed by atoms with E-state index in [1.54, 1.807) is 19.9 Å². The first-order valence-electron chi connectivity index (χ1n) is 7.14. The number of amides is 1. The smallest absolute Gasteiger partial charge is 0.281 e. The Morgan fingerprint density at radius 3 is 2.00 bits per heavy atom. The average molecular weight is 332 g/mol. The van der Waals surface area contributed by atoms with Crippen molar-refractivity contribution in [2.45, 2.75) is 34.6 Å². The summed E-state index contributed by atoms with van der Waals surface area (Å²) >= 11 is 0. The van der Waals surface area contributed by atoms with Gasteiger partial charge < -0.3 is 0 Å². The first-order valence-corrected chi connectivity index (χ1v) is 7.14. The lowest BCUT2D eigenvalue weighted by Crippen LogP contribution is -2.24. The van der Waals surface area contributed by atoms with Crippen LogP contribution in [0.3, 0.4) is 0 Å². The summed E-state index contributed by atoms with van der Waals surface area (Å²) in [6, 6.07) is 3.50. The minimum atomic E-state index is -0.429. The molecule has 0 spiro atoms. The number of aryl methyl sites for hydroxylation is 4. The molecule has 2 aromatic rings. The van der Waals surface area contributed by atoms with Gasteiger partial charge in [0.05, 0.1) is 16.8 Å². The summed E-state index contributed by atoms with van der Waals surface area (Å²) in [5.74, 6) is -0.422. The Kier molecular flexibility index (Phi) is 6.48. The third-order valence-corrected chi connectivity index (χ3v) is 3.16. The SMILES string of the molecule is CC(=O)N(O)c1cnc(C)cc1C.Cc1cc(C)c([N+](=O)[O-])cn1. The molecule has 0 saturated heterocycles. The Morgan fingerprint density at radius 1 is 1.08 bits per heavy atom. The maximum atomic E-state index is 10.8. The van der Waals surface area contributed by atoms with Crippen LogP contribution in [0.25, 0.3) is 0 Å². The summed E-state index contributed by atoms with van der Waals surface area (Å²) in [6.07, 6.45) is 2.76. The van der Waals surface area contributed by atoms with Gasteiger partial charge in [0.15, 0.2) is 0 Å². The van der Waals surface area contributed by atoms with Crippen LogP contribution in [0.2, 0.25) is 0 Å². The van der Waals surface area contributed by atoms with Gasteiger partial charge in [-0.2, -0.15) is 5.06 Å². The van der Waals surface area contributed by atoms with E-state index in [0.29, 0.717) is 16.3 Å². The number of anilines is 1. The molecule has 0 atom stereocenters. The molecule has 0 aliphatic rings. The van der Waals surface area contributed by atoms with Crippen molar-refractivity contribution >= 4 is 17.3 Å². The summed E-state index contributed by atoms with van der Waals surface area (Å²) in [5, 5.41) is 20.2. The fourth-order valence-electron chi connectivity index (χ4n) is 1.96. The Morgan fingerprint density at radius 2 is 1.58 bits per heavy atom. The second-order valence-electron chi connectivity index (χ2n) is 5.31. The molecule has 0 bridgehead atoms. The number of pyridine rings is 2. The number of hydroxylamine groups is 1. The maximum Gasteiger partial charge on any atom is 0.290 e. The van der Waals surface area contributed by atoms with Gasteiger partial charge in [-0.1, -0.05) is 0 Å². The molecule has 24 heavy (non-hydrogen) atoms. The molecule has 2 heterocycles. The van der Waals surface area contributed by atoms with Crippen LogP contribution < -0.4 is 5.06 Å². The van der Waals surface area contributed by atoms with Crippen LogP contribution >= 0.6 is 0 Å². The number of carbonyl (C=O) groups excluding carboxylic acids is 1. The van der Waals surface area contributed by atoms with Crippen molar-refractivity contribution in [2.24, 2.45) is 0 Å². The number of hydrogen-bond acceptors (Lipinski definition) is 6. The Hall–Kier alpha value is -2.87. The maximum absolute atomic E-state index is 10.8. The van der Waals surface area contributed by atoms with Crippen LogP contribution in [0, 0.1) is 37.8 Å². The number of nitrogens with zero attached hydrogens (tertiary/aromatic N) is 4. The molecule has 128 valence electrons. The minimum Gasteiger partial charge on any atom is -0.281 e. The van der Waals surface area contributed by atoms with Crippen molar-refractivity contribution in [3.8, 4) is 0 Å². The minimum absolute atomic E-state index is 0.0793. The summed E-state index contributed by atoms with van der Waals surface area (Å²) < 4.78 is 0. The lowest BCUT2D eigenvalue weighted by molar-refractivity contribution is -0.385. The summed E-state index contributed by atoms with van der Waals surface area (Å²) in [7, 11) is 0. The molecule has 2 aromatic heterocycles. The van der Waals surface area contributed by atoms with Gasteiger partial charge >= 0.3 is 0 Å². The molecule has 2 rings (SSSR count). The topological polar surface area (TPSA) is 109 Å². The standard InChI is InChI=1S/C9H12N2O2.C7H8N2O2/c1-6-4-7(2)10-5-9(6)11(13)8(3)12;1-5-3-6(2)8-4-7(5)9(10)11/h4-5,13H,1-3H3;3-4H,1-2H3. The number of hydrogen-bond donors (Lipinski definition) is 1. The average Bonchev–Trinajstić information content (AvgIpc) is 2.46. The van der Waals surface area contributed by atoms with Crippen LogP contribution in [-0.4, -0.2) is 26.0 Å². The molecule has 0 fully saturated rings. The van der Waals surface area contributed by atoms with E-state index in [0.717, 1.165) is 17.0 Å². The van der Waals surface area contributed by atoms with E-state index < -0.39 is 10.8 Å². The molecule has 0 aliphatic carbocycles. The first kappa shape index (κ1) is 19.2. The summed E-state index contributed by atoms with van der Waals surface area (Å²) in [4.78, 5) is 28.5. The number of nitro groups is 1. The fraction of sp³-hybridized carbons (Fsp3) is 0.312. The van der Waals surface area contributed by atoms with Gasteiger partial charge in [-0.05, 0) is 45.4 Å². The van der Waals surface area contributed by atoms with E-state index in [1.165, 1.54) is 19.3 Å². The highest BCUT2D eigenvalue weighted by molar-refractivity contribution is 5.89. The van der Waals surface area contributed by atoms with Crippen LogP contribution in [0.5, 0.6) is 0 Å². The van der Waals surface area contributed by atoms with Gasteiger partial charge in [-0.25, -0.2) is 0 Å². The number of carbonyl (C=O) groups is 1. The van der Waals surface area contributed by atoms with Crippen molar-refractivity contribution in [3.63, 3.8) is 0 Å². The first-order chi connectivity index (χ1) is 11.1. The molecule has 0 aliphatic heterocycles. The Balaban J connectivity index is 0.000000243. The van der Waals surface area contributed by atoms with E-state index in [1.807, 2.05) is 19.9 Å². The quantitative estimate of drug-likeness (QED) is 0.514. The second kappa shape index (κ2) is 8.11. The van der Waals surface area contributed by atoms with E-state index in [-0.39, 0.29) is 5.69 Å². The third kappa shape index (κ3) is 5.10. The Labute approximate surface area is 139 Å². The second-order valence-corrected chi connectivity index (χ2v) is 5.31. The van der Waals surface area contributed by atoms with Crippen molar-refractivity contribution in [1.82, 2.24) is 9.97 Å². The largest absolute Gasteiger partial charge is 0.290 e. The monoisotopic (exact) mass is 332 g/mol. The lowest BCUT2D eigenvalue weighted by Gasteiger charge is -2.14. The van der Waals surface area contributed by atoms with Gasteiger partial charge in [0.2, 0.25) is 5.91 Å². The molecule has 8 nitrogen and oxygen atoms in total. The summed E-state index contributed by atoms with van der Waals surface area (Å²) in [6.45, 7) is 8.46.